The Balaban J connectivity index is 1.47. The van der Waals surface area contributed by atoms with Gasteiger partial charge in [-0.2, -0.15) is 0 Å². The highest BCUT2D eigenvalue weighted by atomic mass is 15.3. The summed E-state index contributed by atoms with van der Waals surface area (Å²) in [5.41, 5.74) is 2.53. The number of rotatable bonds is 6. The second kappa shape index (κ2) is 8.99. The number of aromatic amines is 1. The maximum atomic E-state index is 4.59. The summed E-state index contributed by atoms with van der Waals surface area (Å²) in [7, 11) is 0. The van der Waals surface area contributed by atoms with E-state index in [2.05, 4.69) is 63.2 Å². The molecule has 0 radical (unpaired) electrons. The molecule has 1 saturated carbocycles. The van der Waals surface area contributed by atoms with Crippen LogP contribution in [0.5, 0.6) is 0 Å². The van der Waals surface area contributed by atoms with Crippen LogP contribution in [-0.2, 0) is 0 Å². The summed E-state index contributed by atoms with van der Waals surface area (Å²) >= 11 is 0. The lowest BCUT2D eigenvalue weighted by Gasteiger charge is -2.38. The van der Waals surface area contributed by atoms with Crippen LogP contribution in [0.2, 0.25) is 0 Å². The molecular weight excluding hydrogens is 346 g/mol. The minimum absolute atomic E-state index is 0.267. The lowest BCUT2D eigenvalue weighted by atomic mass is 9.83. The number of aromatic nitrogens is 2. The standard InChI is InChI=1S/C23H35N5/c1-18(2)27-13-15-28(16-14-27)21-10-6-9-20(17-21)26-22(23-24-11-12-25-23)19-7-4-3-5-8-19/h6,9-12,17-19,22,26H,3-5,7-8,13-16H2,1-2H3,(H,24,25). The van der Waals surface area contributed by atoms with Crippen molar-refractivity contribution in [2.24, 2.45) is 5.92 Å². The van der Waals surface area contributed by atoms with Crippen LogP contribution >= 0.6 is 0 Å². The second-order valence-corrected chi connectivity index (χ2v) is 8.66. The van der Waals surface area contributed by atoms with Crippen LogP contribution < -0.4 is 10.2 Å². The van der Waals surface area contributed by atoms with Crippen LogP contribution in [-0.4, -0.2) is 47.1 Å². The average Bonchev–Trinajstić information content (AvgIpc) is 3.27. The van der Waals surface area contributed by atoms with Crippen molar-refractivity contribution in [3.63, 3.8) is 0 Å². The predicted molar refractivity (Wildman–Crippen MR) is 117 cm³/mol. The molecule has 1 saturated heterocycles. The molecule has 0 spiro atoms. The van der Waals surface area contributed by atoms with Gasteiger partial charge >= 0.3 is 0 Å². The predicted octanol–water partition coefficient (Wildman–Crippen LogP) is 4.67. The van der Waals surface area contributed by atoms with Crippen LogP contribution in [0.3, 0.4) is 0 Å². The molecule has 2 heterocycles. The topological polar surface area (TPSA) is 47.2 Å². The number of imidazole rings is 1. The molecular formula is C23H35N5. The van der Waals surface area contributed by atoms with Gasteiger partial charge in [0.05, 0.1) is 6.04 Å². The Kier molecular flexibility index (Phi) is 6.20. The lowest BCUT2D eigenvalue weighted by Crippen LogP contribution is -2.48. The summed E-state index contributed by atoms with van der Waals surface area (Å²) in [6.07, 6.45) is 10.4. The van der Waals surface area contributed by atoms with Crippen molar-refractivity contribution >= 4 is 11.4 Å². The van der Waals surface area contributed by atoms with Gasteiger partial charge < -0.3 is 15.2 Å². The molecule has 1 aliphatic heterocycles. The van der Waals surface area contributed by atoms with Gasteiger partial charge in [-0.15, -0.1) is 0 Å². The molecule has 0 bridgehead atoms. The number of nitrogens with one attached hydrogen (secondary N) is 2. The summed E-state index contributed by atoms with van der Waals surface area (Å²) in [6, 6.07) is 9.87. The minimum atomic E-state index is 0.267. The minimum Gasteiger partial charge on any atom is -0.375 e. The zero-order chi connectivity index (χ0) is 19.3. The fourth-order valence-electron chi connectivity index (χ4n) is 4.79. The maximum Gasteiger partial charge on any atom is 0.128 e. The summed E-state index contributed by atoms with van der Waals surface area (Å²) in [4.78, 5) is 13.0. The van der Waals surface area contributed by atoms with Crippen molar-refractivity contribution in [3.8, 4) is 0 Å². The van der Waals surface area contributed by atoms with Crippen molar-refractivity contribution in [1.29, 1.82) is 0 Å². The summed E-state index contributed by atoms with van der Waals surface area (Å²) in [6.45, 7) is 9.08. The van der Waals surface area contributed by atoms with Gasteiger partial charge in [-0.05, 0) is 50.8 Å². The van der Waals surface area contributed by atoms with Crippen molar-refractivity contribution in [1.82, 2.24) is 14.9 Å². The van der Waals surface area contributed by atoms with Gasteiger partial charge in [-0.25, -0.2) is 4.98 Å². The smallest absolute Gasteiger partial charge is 0.128 e. The molecule has 2 aromatic rings. The molecule has 1 aromatic heterocycles. The molecule has 1 atom stereocenters. The Morgan fingerprint density at radius 3 is 2.54 bits per heavy atom. The quantitative estimate of drug-likeness (QED) is 0.763. The van der Waals surface area contributed by atoms with Crippen molar-refractivity contribution in [2.45, 2.75) is 58.0 Å². The third-order valence-corrected chi connectivity index (χ3v) is 6.51. The number of hydrogen-bond donors (Lipinski definition) is 2. The van der Waals surface area contributed by atoms with Gasteiger partial charge in [0.25, 0.3) is 0 Å². The van der Waals surface area contributed by atoms with Crippen molar-refractivity contribution < 1.29 is 0 Å². The highest BCUT2D eigenvalue weighted by molar-refractivity contribution is 5.59. The van der Waals surface area contributed by atoms with E-state index in [4.69, 9.17) is 0 Å². The Morgan fingerprint density at radius 1 is 1.07 bits per heavy atom. The SMILES string of the molecule is CC(C)N1CCN(c2cccc(NC(c3ncc[nH]3)C3CCCCC3)c2)CC1. The molecule has 2 aliphatic rings. The zero-order valence-corrected chi connectivity index (χ0v) is 17.4. The first kappa shape index (κ1) is 19.3. The van der Waals surface area contributed by atoms with E-state index in [1.807, 2.05) is 12.4 Å². The Labute approximate surface area is 169 Å². The summed E-state index contributed by atoms with van der Waals surface area (Å²) < 4.78 is 0. The van der Waals surface area contributed by atoms with Gasteiger partial charge in [0, 0.05) is 56.0 Å². The third kappa shape index (κ3) is 4.52. The molecule has 152 valence electrons. The zero-order valence-electron chi connectivity index (χ0n) is 17.4. The molecule has 5 nitrogen and oxygen atoms in total. The van der Waals surface area contributed by atoms with Crippen LogP contribution in [0, 0.1) is 5.92 Å². The largest absolute Gasteiger partial charge is 0.375 e. The number of piperazine rings is 1. The fourth-order valence-corrected chi connectivity index (χ4v) is 4.79. The molecule has 4 rings (SSSR count). The fraction of sp³-hybridized carbons (Fsp3) is 0.609. The summed E-state index contributed by atoms with van der Waals surface area (Å²) in [5.74, 6) is 1.72. The van der Waals surface area contributed by atoms with Crippen molar-refractivity contribution in [3.05, 3.63) is 42.5 Å². The Hall–Kier alpha value is -2.01. The van der Waals surface area contributed by atoms with Gasteiger partial charge in [0.15, 0.2) is 0 Å². The van der Waals surface area contributed by atoms with Crippen LogP contribution in [0.25, 0.3) is 0 Å². The van der Waals surface area contributed by atoms with E-state index < -0.39 is 0 Å². The molecule has 1 aliphatic carbocycles. The van der Waals surface area contributed by atoms with Crippen LogP contribution in [0.15, 0.2) is 36.7 Å². The van der Waals surface area contributed by atoms with E-state index in [0.717, 1.165) is 32.0 Å². The molecule has 1 aromatic carbocycles. The molecule has 5 heteroatoms. The summed E-state index contributed by atoms with van der Waals surface area (Å²) in [5, 5.41) is 3.83. The molecule has 0 amide bonds. The van der Waals surface area contributed by atoms with E-state index in [1.165, 1.54) is 43.5 Å². The first-order chi connectivity index (χ1) is 13.7. The van der Waals surface area contributed by atoms with Gasteiger partial charge in [0.1, 0.15) is 5.82 Å². The van der Waals surface area contributed by atoms with Gasteiger partial charge in [-0.3, -0.25) is 4.90 Å². The highest BCUT2D eigenvalue weighted by Crippen LogP contribution is 2.36. The molecule has 2 fully saturated rings. The van der Waals surface area contributed by atoms with Crippen molar-refractivity contribution in [2.75, 3.05) is 36.4 Å². The van der Waals surface area contributed by atoms with E-state index in [0.29, 0.717) is 12.0 Å². The first-order valence-corrected chi connectivity index (χ1v) is 11.1. The van der Waals surface area contributed by atoms with Gasteiger partial charge in [-0.1, -0.05) is 25.3 Å². The van der Waals surface area contributed by atoms with E-state index in [1.54, 1.807) is 0 Å². The highest BCUT2D eigenvalue weighted by Gasteiger charge is 2.27. The first-order valence-electron chi connectivity index (χ1n) is 11.1. The van der Waals surface area contributed by atoms with Crippen LogP contribution in [0.1, 0.15) is 57.8 Å². The Morgan fingerprint density at radius 2 is 1.86 bits per heavy atom. The third-order valence-electron chi connectivity index (χ3n) is 6.51. The second-order valence-electron chi connectivity index (χ2n) is 8.66. The average molecular weight is 382 g/mol. The lowest BCUT2D eigenvalue weighted by molar-refractivity contribution is 0.209. The van der Waals surface area contributed by atoms with E-state index >= 15 is 0 Å². The van der Waals surface area contributed by atoms with Gasteiger partial charge in [0.2, 0.25) is 0 Å². The maximum absolute atomic E-state index is 4.59. The number of hydrogen-bond acceptors (Lipinski definition) is 4. The molecule has 1 unspecified atom stereocenters. The number of H-pyrrole nitrogens is 1. The van der Waals surface area contributed by atoms with E-state index in [-0.39, 0.29) is 6.04 Å². The van der Waals surface area contributed by atoms with Crippen LogP contribution in [0.4, 0.5) is 11.4 Å². The number of anilines is 2. The number of nitrogens with zero attached hydrogens (tertiary/aromatic N) is 3. The molecule has 28 heavy (non-hydrogen) atoms. The normalized spacial score (nSPS) is 20.5. The Bertz CT molecular complexity index is 712. The molecule has 2 N–H and O–H groups in total. The number of benzene rings is 1. The monoisotopic (exact) mass is 381 g/mol. The van der Waals surface area contributed by atoms with E-state index in [9.17, 15) is 0 Å².